The number of rotatable bonds is 1. The molecule has 0 aliphatic carbocycles. The van der Waals surface area contributed by atoms with Crippen LogP contribution in [-0.4, -0.2) is 4.98 Å². The second-order valence-corrected chi connectivity index (χ2v) is 6.71. The lowest BCUT2D eigenvalue weighted by molar-refractivity contribution is -0.663. The Morgan fingerprint density at radius 2 is 1.85 bits per heavy atom. The SMILES string of the molecule is [2H]C([2H])([2H])c1cnc(-c2c(C)ccc3c2oc2cc4ccccc4cc23)[n+](C)c1. The van der Waals surface area contributed by atoms with Crippen LogP contribution in [0.2, 0.25) is 0 Å². The molecule has 0 radical (unpaired) electrons. The van der Waals surface area contributed by atoms with Crippen LogP contribution in [0.1, 0.15) is 15.2 Å². The first-order chi connectivity index (χ1) is 13.8. The van der Waals surface area contributed by atoms with E-state index in [1.54, 1.807) is 10.8 Å². The average molecular weight is 342 g/mol. The molecule has 3 nitrogen and oxygen atoms in total. The first-order valence-electron chi connectivity index (χ1n) is 10.0. The Morgan fingerprint density at radius 1 is 1.04 bits per heavy atom. The van der Waals surface area contributed by atoms with E-state index in [-0.39, 0.29) is 5.56 Å². The maximum absolute atomic E-state index is 7.62. The summed E-state index contributed by atoms with van der Waals surface area (Å²) in [6.45, 7) is -0.179. The van der Waals surface area contributed by atoms with Gasteiger partial charge in [0.1, 0.15) is 17.3 Å². The smallest absolute Gasteiger partial charge is 0.334 e. The summed E-state index contributed by atoms with van der Waals surface area (Å²) in [6, 6.07) is 16.6. The molecule has 2 heterocycles. The topological polar surface area (TPSA) is 29.9 Å². The van der Waals surface area contributed by atoms with Crippen molar-refractivity contribution in [3.05, 3.63) is 72.1 Å². The molecule has 0 amide bonds. The first kappa shape index (κ1) is 12.2. The zero-order chi connectivity index (χ0) is 20.3. The highest BCUT2D eigenvalue weighted by Crippen LogP contribution is 2.37. The summed E-state index contributed by atoms with van der Waals surface area (Å²) in [4.78, 5) is 4.49. The van der Waals surface area contributed by atoms with Crippen molar-refractivity contribution in [2.75, 3.05) is 0 Å². The summed E-state index contributed by atoms with van der Waals surface area (Å²) < 4.78 is 30.9. The molecule has 3 aromatic carbocycles. The average Bonchev–Trinajstić information content (AvgIpc) is 3.03. The third kappa shape index (κ3) is 2.14. The van der Waals surface area contributed by atoms with Crippen LogP contribution in [-0.2, 0) is 7.05 Å². The number of benzene rings is 3. The van der Waals surface area contributed by atoms with E-state index in [0.29, 0.717) is 5.82 Å². The molecule has 0 bridgehead atoms. The number of aromatic nitrogens is 2. The van der Waals surface area contributed by atoms with E-state index in [1.807, 2.05) is 26.1 Å². The molecule has 0 fully saturated rings. The van der Waals surface area contributed by atoms with Crippen LogP contribution in [0.5, 0.6) is 0 Å². The van der Waals surface area contributed by atoms with Gasteiger partial charge in [0.2, 0.25) is 0 Å². The van der Waals surface area contributed by atoms with Gasteiger partial charge in [-0.15, -0.1) is 0 Å². The summed E-state index contributed by atoms with van der Waals surface area (Å²) in [5.41, 5.74) is 3.70. The summed E-state index contributed by atoms with van der Waals surface area (Å²) in [5.74, 6) is 0.671. The summed E-state index contributed by atoms with van der Waals surface area (Å²) in [7, 11) is 1.81. The highest BCUT2D eigenvalue weighted by molar-refractivity contribution is 6.13. The highest BCUT2D eigenvalue weighted by Gasteiger charge is 2.22. The molecule has 5 aromatic rings. The Balaban J connectivity index is 1.82. The van der Waals surface area contributed by atoms with E-state index in [9.17, 15) is 0 Å². The fraction of sp³-hybridized carbons (Fsp3) is 0.130. The van der Waals surface area contributed by atoms with E-state index >= 15 is 0 Å². The molecule has 0 aliphatic rings. The van der Waals surface area contributed by atoms with E-state index in [1.165, 1.54) is 6.20 Å². The number of nitrogens with zero attached hydrogens (tertiary/aromatic N) is 2. The molecule has 0 atom stereocenters. The number of fused-ring (bicyclic) bond motifs is 4. The van der Waals surface area contributed by atoms with Gasteiger partial charge in [0.05, 0.1) is 13.2 Å². The van der Waals surface area contributed by atoms with E-state index in [0.717, 1.165) is 43.8 Å². The molecule has 0 spiro atoms. The van der Waals surface area contributed by atoms with Crippen molar-refractivity contribution < 1.29 is 13.1 Å². The van der Waals surface area contributed by atoms with Gasteiger partial charge in [0, 0.05) is 20.4 Å². The number of hydrogen-bond acceptors (Lipinski definition) is 2. The quantitative estimate of drug-likeness (QED) is 0.390. The van der Waals surface area contributed by atoms with Gasteiger partial charge < -0.3 is 4.42 Å². The van der Waals surface area contributed by atoms with Crippen LogP contribution < -0.4 is 4.57 Å². The minimum atomic E-state index is -2.19. The van der Waals surface area contributed by atoms with Crippen molar-refractivity contribution in [2.24, 2.45) is 7.05 Å². The molecule has 0 saturated heterocycles. The maximum atomic E-state index is 7.62. The predicted octanol–water partition coefficient (Wildman–Crippen LogP) is 5.24. The Kier molecular flexibility index (Phi) is 2.53. The third-order valence-electron chi connectivity index (χ3n) is 4.93. The van der Waals surface area contributed by atoms with Crippen LogP contribution in [0.15, 0.2) is 65.3 Å². The molecule has 26 heavy (non-hydrogen) atoms. The minimum absolute atomic E-state index is 0.212. The molecule has 0 saturated carbocycles. The van der Waals surface area contributed by atoms with Gasteiger partial charge in [0.15, 0.2) is 5.58 Å². The van der Waals surface area contributed by atoms with Crippen molar-refractivity contribution >= 4 is 32.7 Å². The molecule has 5 rings (SSSR count). The standard InChI is InChI=1S/C23H19N2O/c1-14-12-24-23(25(3)13-14)21-15(2)8-9-18-19-10-16-6-4-5-7-17(16)11-20(19)26-22(18)21/h4-13H,1-3H3/q+1/i1D3. The van der Waals surface area contributed by atoms with Gasteiger partial charge in [-0.2, -0.15) is 0 Å². The molecule has 0 unspecified atom stereocenters. The van der Waals surface area contributed by atoms with Crippen molar-refractivity contribution in [1.82, 2.24) is 4.98 Å². The van der Waals surface area contributed by atoms with Gasteiger partial charge >= 0.3 is 5.82 Å². The summed E-state index contributed by atoms with van der Waals surface area (Å²) in [6.07, 6.45) is 3.04. The number of aryl methyl sites for hydroxylation is 3. The van der Waals surface area contributed by atoms with Crippen molar-refractivity contribution in [2.45, 2.75) is 13.8 Å². The van der Waals surface area contributed by atoms with Crippen molar-refractivity contribution in [3.63, 3.8) is 0 Å². The largest absolute Gasteiger partial charge is 0.455 e. The normalized spacial score (nSPS) is 13.8. The van der Waals surface area contributed by atoms with E-state index in [4.69, 9.17) is 8.53 Å². The predicted molar refractivity (Wildman–Crippen MR) is 105 cm³/mol. The lowest BCUT2D eigenvalue weighted by Crippen LogP contribution is -2.32. The van der Waals surface area contributed by atoms with Crippen LogP contribution in [0.4, 0.5) is 0 Å². The minimum Gasteiger partial charge on any atom is -0.455 e. The Bertz CT molecular complexity index is 1420. The third-order valence-corrected chi connectivity index (χ3v) is 4.93. The zero-order valence-electron chi connectivity index (χ0n) is 17.6. The zero-order valence-corrected chi connectivity index (χ0v) is 14.6. The molecule has 2 aromatic heterocycles. The fourth-order valence-corrected chi connectivity index (χ4v) is 3.67. The lowest BCUT2D eigenvalue weighted by Gasteiger charge is -2.04. The monoisotopic (exact) mass is 342 g/mol. The van der Waals surface area contributed by atoms with Gasteiger partial charge in [-0.1, -0.05) is 36.4 Å². The number of hydrogen-bond donors (Lipinski definition) is 0. The Labute approximate surface area is 155 Å². The van der Waals surface area contributed by atoms with Gasteiger partial charge in [-0.05, 0) is 47.2 Å². The lowest BCUT2D eigenvalue weighted by atomic mass is 10.0. The summed E-state index contributed by atoms with van der Waals surface area (Å²) >= 11 is 0. The molecular formula is C23H19N2O+. The maximum Gasteiger partial charge on any atom is 0.334 e. The van der Waals surface area contributed by atoms with Gasteiger partial charge in [-0.3, -0.25) is 0 Å². The fourth-order valence-electron chi connectivity index (χ4n) is 3.67. The van der Waals surface area contributed by atoms with Crippen LogP contribution in [0.3, 0.4) is 0 Å². The highest BCUT2D eigenvalue weighted by atomic mass is 16.3. The van der Waals surface area contributed by atoms with Crippen LogP contribution in [0, 0.1) is 13.8 Å². The molecule has 3 heteroatoms. The molecular weight excluding hydrogens is 320 g/mol. The molecule has 0 N–H and O–H groups in total. The second-order valence-electron chi connectivity index (χ2n) is 6.71. The number of furan rings is 1. The molecule has 126 valence electrons. The van der Waals surface area contributed by atoms with Gasteiger partial charge in [-0.25, -0.2) is 4.57 Å². The van der Waals surface area contributed by atoms with E-state index < -0.39 is 6.85 Å². The van der Waals surface area contributed by atoms with Crippen molar-refractivity contribution in [3.8, 4) is 11.4 Å². The van der Waals surface area contributed by atoms with E-state index in [2.05, 4.69) is 41.4 Å². The first-order valence-corrected chi connectivity index (χ1v) is 8.54. The Hall–Kier alpha value is -3.20. The van der Waals surface area contributed by atoms with Crippen LogP contribution in [0.25, 0.3) is 44.1 Å². The second kappa shape index (κ2) is 5.40. The van der Waals surface area contributed by atoms with Gasteiger partial charge in [0.25, 0.3) is 0 Å². The summed E-state index contributed by atoms with van der Waals surface area (Å²) in [5, 5.41) is 4.37. The van der Waals surface area contributed by atoms with Crippen LogP contribution >= 0.6 is 0 Å². The Morgan fingerprint density at radius 3 is 2.62 bits per heavy atom. The molecule has 0 aliphatic heterocycles. The van der Waals surface area contributed by atoms with Crippen molar-refractivity contribution in [1.29, 1.82) is 0 Å².